The van der Waals surface area contributed by atoms with Gasteiger partial charge in [-0.3, -0.25) is 0 Å². The molecular formula is C25H26F3N3O3S. The van der Waals surface area contributed by atoms with Crippen LogP contribution < -0.4 is 15.4 Å². The Kier molecular flexibility index (Phi) is 7.17. The summed E-state index contributed by atoms with van der Waals surface area (Å²) in [6.45, 7) is -0.943. The summed E-state index contributed by atoms with van der Waals surface area (Å²) in [6.07, 6.45) is -3.49. The van der Waals surface area contributed by atoms with Crippen LogP contribution >= 0.6 is 0 Å². The number of para-hydroxylation sites is 2. The van der Waals surface area contributed by atoms with E-state index in [1.165, 1.54) is 4.57 Å². The molecule has 0 amide bonds. The van der Waals surface area contributed by atoms with Crippen molar-refractivity contribution >= 4 is 32.1 Å². The molecular weight excluding hydrogens is 479 g/mol. The minimum Gasteiger partial charge on any atom is -0.495 e. The summed E-state index contributed by atoms with van der Waals surface area (Å²) in [6, 6.07) is 14.0. The normalized spacial score (nSPS) is 15.9. The molecule has 3 aromatic rings. The molecule has 0 bridgehead atoms. The van der Waals surface area contributed by atoms with Crippen LogP contribution in [0.25, 0.3) is 10.9 Å². The van der Waals surface area contributed by atoms with Crippen LogP contribution in [0.2, 0.25) is 0 Å². The van der Waals surface area contributed by atoms with Crippen molar-refractivity contribution in [3.05, 3.63) is 54.2 Å². The number of nitrogens with one attached hydrogen (secondary N) is 2. The predicted molar refractivity (Wildman–Crippen MR) is 132 cm³/mol. The van der Waals surface area contributed by atoms with E-state index in [4.69, 9.17) is 4.74 Å². The second-order valence-corrected chi connectivity index (χ2v) is 10.7. The molecule has 1 aromatic heterocycles. The lowest BCUT2D eigenvalue weighted by Crippen LogP contribution is -2.32. The summed E-state index contributed by atoms with van der Waals surface area (Å²) in [4.78, 5) is 0. The standard InChI is InChI=1S/C25H26F3N3O3S/c1-34-24-10-3-2-7-22(24)29-13-5-6-19-16-20-21(30-18-11-14-35(32,33)15-12-18)8-4-9-23(20)31(19)17-25(26,27)28/h2-4,7-10,16,18,29-30H,11-15,17H2,1H3. The molecule has 1 aliphatic heterocycles. The van der Waals surface area contributed by atoms with Gasteiger partial charge >= 0.3 is 6.18 Å². The van der Waals surface area contributed by atoms with E-state index in [-0.39, 0.29) is 29.8 Å². The van der Waals surface area contributed by atoms with Crippen LogP contribution in [0.4, 0.5) is 24.5 Å². The maximum absolute atomic E-state index is 13.4. The summed E-state index contributed by atoms with van der Waals surface area (Å²) in [5, 5.41) is 7.07. The number of hydrogen-bond acceptors (Lipinski definition) is 5. The molecule has 1 fully saturated rings. The minimum atomic E-state index is -4.42. The van der Waals surface area contributed by atoms with Gasteiger partial charge in [0.1, 0.15) is 22.1 Å². The highest BCUT2D eigenvalue weighted by molar-refractivity contribution is 7.91. The van der Waals surface area contributed by atoms with Crippen LogP contribution in [0, 0.1) is 11.8 Å². The van der Waals surface area contributed by atoms with Crippen LogP contribution in [-0.4, -0.2) is 50.4 Å². The Morgan fingerprint density at radius 2 is 1.80 bits per heavy atom. The summed E-state index contributed by atoms with van der Waals surface area (Å²) < 4.78 is 70.1. The number of anilines is 2. The molecule has 2 heterocycles. The number of ether oxygens (including phenoxy) is 1. The van der Waals surface area contributed by atoms with Crippen molar-refractivity contribution in [2.45, 2.75) is 31.6 Å². The molecule has 10 heteroatoms. The first-order chi connectivity index (χ1) is 16.6. The monoisotopic (exact) mass is 505 g/mol. The Balaban J connectivity index is 1.61. The van der Waals surface area contributed by atoms with Gasteiger partial charge in [-0.15, -0.1) is 0 Å². The largest absolute Gasteiger partial charge is 0.495 e. The van der Waals surface area contributed by atoms with E-state index >= 15 is 0 Å². The molecule has 186 valence electrons. The van der Waals surface area contributed by atoms with E-state index in [1.807, 2.05) is 18.2 Å². The van der Waals surface area contributed by atoms with Gasteiger partial charge in [0.15, 0.2) is 0 Å². The van der Waals surface area contributed by atoms with Crippen molar-refractivity contribution in [3.63, 3.8) is 0 Å². The minimum absolute atomic E-state index is 0.0605. The van der Waals surface area contributed by atoms with Gasteiger partial charge in [0.25, 0.3) is 0 Å². The number of rotatable bonds is 6. The molecule has 0 spiro atoms. The quantitative estimate of drug-likeness (QED) is 0.477. The summed E-state index contributed by atoms with van der Waals surface area (Å²) in [5.74, 6) is 6.63. The van der Waals surface area contributed by atoms with Gasteiger partial charge in [-0.1, -0.05) is 24.1 Å². The Bertz CT molecular complexity index is 1360. The third-order valence-electron chi connectivity index (χ3n) is 5.89. The molecule has 0 unspecified atom stereocenters. The third-order valence-corrected chi connectivity index (χ3v) is 7.60. The van der Waals surface area contributed by atoms with Crippen molar-refractivity contribution in [2.24, 2.45) is 0 Å². The maximum atomic E-state index is 13.4. The maximum Gasteiger partial charge on any atom is 0.406 e. The molecule has 0 aliphatic carbocycles. The number of sulfone groups is 1. The van der Waals surface area contributed by atoms with E-state index in [9.17, 15) is 21.6 Å². The fourth-order valence-corrected chi connectivity index (χ4v) is 5.67. The van der Waals surface area contributed by atoms with Gasteiger partial charge < -0.3 is 19.9 Å². The average molecular weight is 506 g/mol. The number of hydrogen-bond donors (Lipinski definition) is 2. The van der Waals surface area contributed by atoms with Crippen LogP contribution in [0.15, 0.2) is 48.5 Å². The highest BCUT2D eigenvalue weighted by Gasteiger charge is 2.30. The van der Waals surface area contributed by atoms with E-state index in [2.05, 4.69) is 22.5 Å². The fraction of sp³-hybridized carbons (Fsp3) is 0.360. The van der Waals surface area contributed by atoms with E-state index in [1.54, 1.807) is 37.4 Å². The molecule has 2 N–H and O–H groups in total. The zero-order valence-corrected chi connectivity index (χ0v) is 20.0. The molecule has 35 heavy (non-hydrogen) atoms. The van der Waals surface area contributed by atoms with Crippen LogP contribution in [0.5, 0.6) is 5.75 Å². The van der Waals surface area contributed by atoms with Crippen molar-refractivity contribution in [1.82, 2.24) is 4.57 Å². The fourth-order valence-electron chi connectivity index (χ4n) is 4.18. The Morgan fingerprint density at radius 1 is 1.09 bits per heavy atom. The molecule has 6 nitrogen and oxygen atoms in total. The van der Waals surface area contributed by atoms with Crippen molar-refractivity contribution in [2.75, 3.05) is 35.8 Å². The lowest BCUT2D eigenvalue weighted by molar-refractivity contribution is -0.140. The van der Waals surface area contributed by atoms with Gasteiger partial charge in [0.2, 0.25) is 0 Å². The number of benzene rings is 2. The van der Waals surface area contributed by atoms with Gasteiger partial charge in [-0.25, -0.2) is 8.42 Å². The third kappa shape index (κ3) is 6.22. The van der Waals surface area contributed by atoms with E-state index in [0.29, 0.717) is 35.2 Å². The molecule has 2 aromatic carbocycles. The Hall–Kier alpha value is -3.32. The van der Waals surface area contributed by atoms with E-state index < -0.39 is 22.6 Å². The Labute approximate surface area is 202 Å². The number of fused-ring (bicyclic) bond motifs is 1. The number of aromatic nitrogens is 1. The molecule has 0 saturated carbocycles. The lowest BCUT2D eigenvalue weighted by Gasteiger charge is -2.24. The predicted octanol–water partition coefficient (Wildman–Crippen LogP) is 4.66. The first-order valence-corrected chi connectivity index (χ1v) is 13.0. The summed E-state index contributed by atoms with van der Waals surface area (Å²) in [5.41, 5.74) is 2.07. The summed E-state index contributed by atoms with van der Waals surface area (Å²) in [7, 11) is -1.46. The second kappa shape index (κ2) is 10.1. The van der Waals surface area contributed by atoms with Gasteiger partial charge in [-0.2, -0.15) is 13.2 Å². The molecule has 4 rings (SSSR count). The van der Waals surface area contributed by atoms with Crippen LogP contribution in [0.3, 0.4) is 0 Å². The Morgan fingerprint density at radius 3 is 2.51 bits per heavy atom. The highest BCUT2D eigenvalue weighted by atomic mass is 32.2. The molecule has 1 saturated heterocycles. The van der Waals surface area contributed by atoms with Gasteiger partial charge in [-0.05, 0) is 49.1 Å². The SMILES string of the molecule is COc1ccccc1NCC#Cc1cc2c(NC3CCS(=O)(=O)CC3)cccc2n1CC(F)(F)F. The zero-order valence-electron chi connectivity index (χ0n) is 19.2. The highest BCUT2D eigenvalue weighted by Crippen LogP contribution is 2.31. The van der Waals surface area contributed by atoms with Crippen molar-refractivity contribution in [3.8, 4) is 17.6 Å². The number of methoxy groups -OCH3 is 1. The number of nitrogens with zero attached hydrogens (tertiary/aromatic N) is 1. The molecule has 0 atom stereocenters. The zero-order chi connectivity index (χ0) is 25.1. The smallest absolute Gasteiger partial charge is 0.406 e. The molecule has 1 aliphatic rings. The van der Waals surface area contributed by atoms with Gasteiger partial charge in [0, 0.05) is 17.1 Å². The average Bonchev–Trinajstić information content (AvgIpc) is 3.15. The van der Waals surface area contributed by atoms with E-state index in [0.717, 1.165) is 5.69 Å². The number of alkyl halides is 3. The van der Waals surface area contributed by atoms with Gasteiger partial charge in [0.05, 0.1) is 42.1 Å². The number of halogens is 3. The van der Waals surface area contributed by atoms with Crippen LogP contribution in [0.1, 0.15) is 18.5 Å². The first kappa shape index (κ1) is 24.8. The lowest BCUT2D eigenvalue weighted by atomic mass is 10.1. The van der Waals surface area contributed by atoms with Crippen LogP contribution in [-0.2, 0) is 16.4 Å². The van der Waals surface area contributed by atoms with Crippen molar-refractivity contribution in [1.29, 1.82) is 0 Å². The topological polar surface area (TPSA) is 72.4 Å². The summed E-state index contributed by atoms with van der Waals surface area (Å²) >= 11 is 0. The first-order valence-electron chi connectivity index (χ1n) is 11.2. The second-order valence-electron chi connectivity index (χ2n) is 8.40. The molecule has 0 radical (unpaired) electrons. The van der Waals surface area contributed by atoms with Crippen molar-refractivity contribution < 1.29 is 26.3 Å².